The maximum absolute atomic E-state index is 12.8. The van der Waals surface area contributed by atoms with E-state index in [1.807, 2.05) is 24.3 Å². The second-order valence-corrected chi connectivity index (χ2v) is 6.51. The number of alkyl halides is 3. The fourth-order valence-corrected chi connectivity index (χ4v) is 3.03. The Hall–Kier alpha value is -2.54. The molecule has 0 aromatic heterocycles. The lowest BCUT2D eigenvalue weighted by molar-refractivity contribution is -0.137. The van der Waals surface area contributed by atoms with Gasteiger partial charge in [0, 0.05) is 37.9 Å². The maximum atomic E-state index is 12.8. The number of carbonyl (C=O) groups is 1. The van der Waals surface area contributed by atoms with Gasteiger partial charge >= 0.3 is 6.18 Å². The van der Waals surface area contributed by atoms with E-state index >= 15 is 0 Å². The molecule has 4 nitrogen and oxygen atoms in total. The molecule has 2 aromatic carbocycles. The third kappa shape index (κ3) is 4.80. The first-order valence-corrected chi connectivity index (χ1v) is 8.69. The molecular weight excluding hydrogens is 357 g/mol. The molecule has 0 saturated carbocycles. The van der Waals surface area contributed by atoms with Gasteiger partial charge in [0.05, 0.1) is 18.8 Å². The van der Waals surface area contributed by atoms with Crippen LogP contribution in [0.2, 0.25) is 0 Å². The third-order valence-electron chi connectivity index (χ3n) is 4.52. The molecule has 3 rings (SSSR count). The molecule has 0 bridgehead atoms. The Morgan fingerprint density at radius 3 is 2.41 bits per heavy atom. The summed E-state index contributed by atoms with van der Waals surface area (Å²) >= 11 is 0. The topological polar surface area (TPSA) is 32.8 Å². The molecule has 144 valence electrons. The van der Waals surface area contributed by atoms with Crippen LogP contribution in [-0.4, -0.2) is 44.2 Å². The first kappa shape index (κ1) is 19.2. The van der Waals surface area contributed by atoms with Gasteiger partial charge in [-0.15, -0.1) is 0 Å². The summed E-state index contributed by atoms with van der Waals surface area (Å²) in [5, 5.41) is 0. The SMILES string of the molecule is CN(Cc1ccc(N2CCOCC2)cc1)C(=O)c1cccc(C(F)(F)F)c1. The number of rotatable bonds is 4. The fourth-order valence-electron chi connectivity index (χ4n) is 3.03. The van der Waals surface area contributed by atoms with Crippen molar-refractivity contribution in [2.24, 2.45) is 0 Å². The monoisotopic (exact) mass is 378 g/mol. The minimum atomic E-state index is -4.47. The second kappa shape index (κ2) is 8.00. The highest BCUT2D eigenvalue weighted by Crippen LogP contribution is 2.29. The Morgan fingerprint density at radius 1 is 1.11 bits per heavy atom. The van der Waals surface area contributed by atoms with E-state index in [1.54, 1.807) is 7.05 Å². The summed E-state index contributed by atoms with van der Waals surface area (Å²) in [6, 6.07) is 12.3. The number of ether oxygens (including phenoxy) is 1. The number of nitrogens with zero attached hydrogens (tertiary/aromatic N) is 2. The second-order valence-electron chi connectivity index (χ2n) is 6.51. The largest absolute Gasteiger partial charge is 0.416 e. The first-order chi connectivity index (χ1) is 12.8. The smallest absolute Gasteiger partial charge is 0.378 e. The van der Waals surface area contributed by atoms with Crippen LogP contribution < -0.4 is 4.90 Å². The van der Waals surface area contributed by atoms with E-state index in [2.05, 4.69) is 4.90 Å². The van der Waals surface area contributed by atoms with Crippen LogP contribution in [0.5, 0.6) is 0 Å². The molecule has 1 aliphatic rings. The molecule has 1 fully saturated rings. The van der Waals surface area contributed by atoms with Crippen molar-refractivity contribution in [1.29, 1.82) is 0 Å². The molecule has 2 aromatic rings. The molecule has 7 heteroatoms. The van der Waals surface area contributed by atoms with Crippen molar-refractivity contribution in [1.82, 2.24) is 4.90 Å². The molecule has 0 atom stereocenters. The van der Waals surface area contributed by atoms with Crippen LogP contribution >= 0.6 is 0 Å². The summed E-state index contributed by atoms with van der Waals surface area (Å²) < 4.78 is 43.8. The summed E-state index contributed by atoms with van der Waals surface area (Å²) in [6.07, 6.45) is -4.47. The number of hydrogen-bond acceptors (Lipinski definition) is 3. The Kier molecular flexibility index (Phi) is 5.70. The van der Waals surface area contributed by atoms with E-state index in [0.29, 0.717) is 19.8 Å². The molecule has 0 radical (unpaired) electrons. The number of benzene rings is 2. The summed E-state index contributed by atoms with van der Waals surface area (Å²) in [5.41, 5.74) is 1.21. The highest BCUT2D eigenvalue weighted by Gasteiger charge is 2.31. The molecule has 0 N–H and O–H groups in total. The van der Waals surface area contributed by atoms with Gasteiger partial charge in [-0.05, 0) is 35.9 Å². The van der Waals surface area contributed by atoms with Crippen molar-refractivity contribution in [3.8, 4) is 0 Å². The molecular formula is C20H21F3N2O2. The molecule has 1 heterocycles. The molecule has 0 spiro atoms. The molecule has 1 saturated heterocycles. The maximum Gasteiger partial charge on any atom is 0.416 e. The first-order valence-electron chi connectivity index (χ1n) is 8.69. The Morgan fingerprint density at radius 2 is 1.78 bits per heavy atom. The third-order valence-corrected chi connectivity index (χ3v) is 4.52. The predicted molar refractivity (Wildman–Crippen MR) is 96.7 cm³/mol. The zero-order valence-electron chi connectivity index (χ0n) is 15.0. The number of hydrogen-bond donors (Lipinski definition) is 0. The Balaban J connectivity index is 1.66. The normalized spacial score (nSPS) is 14.9. The van der Waals surface area contributed by atoms with Crippen molar-refractivity contribution in [2.75, 3.05) is 38.3 Å². The van der Waals surface area contributed by atoms with E-state index in [1.165, 1.54) is 17.0 Å². The van der Waals surface area contributed by atoms with Gasteiger partial charge in [-0.3, -0.25) is 4.79 Å². The lowest BCUT2D eigenvalue weighted by Crippen LogP contribution is -2.36. The van der Waals surface area contributed by atoms with Crippen molar-refractivity contribution < 1.29 is 22.7 Å². The summed E-state index contributed by atoms with van der Waals surface area (Å²) in [6.45, 7) is 3.41. The van der Waals surface area contributed by atoms with Gasteiger partial charge < -0.3 is 14.5 Å². The molecule has 1 aliphatic heterocycles. The number of morpholine rings is 1. The highest BCUT2D eigenvalue weighted by atomic mass is 19.4. The zero-order valence-corrected chi connectivity index (χ0v) is 15.0. The van der Waals surface area contributed by atoms with Gasteiger partial charge in [0.25, 0.3) is 5.91 Å². The zero-order chi connectivity index (χ0) is 19.4. The van der Waals surface area contributed by atoms with E-state index in [4.69, 9.17) is 4.74 Å². The standard InChI is InChI=1S/C20H21F3N2O2/c1-24(19(26)16-3-2-4-17(13-16)20(21,22)23)14-15-5-7-18(8-6-15)25-9-11-27-12-10-25/h2-8,13H,9-12,14H2,1H3. The Bertz CT molecular complexity index is 785. The highest BCUT2D eigenvalue weighted by molar-refractivity contribution is 5.94. The molecule has 0 aliphatic carbocycles. The summed E-state index contributed by atoms with van der Waals surface area (Å²) in [5.74, 6) is -0.446. The summed E-state index contributed by atoms with van der Waals surface area (Å²) in [7, 11) is 1.58. The summed E-state index contributed by atoms with van der Waals surface area (Å²) in [4.78, 5) is 16.1. The average Bonchev–Trinajstić information content (AvgIpc) is 2.68. The lowest BCUT2D eigenvalue weighted by Gasteiger charge is -2.29. The minimum Gasteiger partial charge on any atom is -0.378 e. The van der Waals surface area contributed by atoms with Crippen LogP contribution in [0.1, 0.15) is 21.5 Å². The quantitative estimate of drug-likeness (QED) is 0.811. The van der Waals surface area contributed by atoms with Gasteiger partial charge in [-0.1, -0.05) is 18.2 Å². The van der Waals surface area contributed by atoms with Crippen LogP contribution in [0.3, 0.4) is 0 Å². The van der Waals surface area contributed by atoms with Gasteiger partial charge in [0.15, 0.2) is 0 Å². The van der Waals surface area contributed by atoms with Crippen LogP contribution in [-0.2, 0) is 17.5 Å². The van der Waals surface area contributed by atoms with Gasteiger partial charge in [-0.2, -0.15) is 13.2 Å². The fraction of sp³-hybridized carbons (Fsp3) is 0.350. The van der Waals surface area contributed by atoms with E-state index in [-0.39, 0.29) is 5.56 Å². The van der Waals surface area contributed by atoms with Crippen molar-refractivity contribution in [3.63, 3.8) is 0 Å². The van der Waals surface area contributed by atoms with Crippen LogP contribution in [0, 0.1) is 0 Å². The van der Waals surface area contributed by atoms with Crippen LogP contribution in [0.25, 0.3) is 0 Å². The number of anilines is 1. The van der Waals surface area contributed by atoms with Crippen molar-refractivity contribution in [3.05, 3.63) is 65.2 Å². The van der Waals surface area contributed by atoms with Crippen LogP contribution in [0.15, 0.2) is 48.5 Å². The predicted octanol–water partition coefficient (Wildman–Crippen LogP) is 3.81. The molecule has 1 amide bonds. The van der Waals surface area contributed by atoms with Gasteiger partial charge in [0.1, 0.15) is 0 Å². The van der Waals surface area contributed by atoms with E-state index in [0.717, 1.165) is 36.5 Å². The Labute approximate surface area is 156 Å². The van der Waals surface area contributed by atoms with Crippen molar-refractivity contribution in [2.45, 2.75) is 12.7 Å². The van der Waals surface area contributed by atoms with E-state index in [9.17, 15) is 18.0 Å². The number of carbonyl (C=O) groups excluding carboxylic acids is 1. The molecule has 27 heavy (non-hydrogen) atoms. The van der Waals surface area contributed by atoms with Gasteiger partial charge in [-0.25, -0.2) is 0 Å². The number of halogens is 3. The van der Waals surface area contributed by atoms with Gasteiger partial charge in [0.2, 0.25) is 0 Å². The van der Waals surface area contributed by atoms with Crippen LogP contribution in [0.4, 0.5) is 18.9 Å². The number of amides is 1. The van der Waals surface area contributed by atoms with Crippen molar-refractivity contribution >= 4 is 11.6 Å². The molecule has 0 unspecified atom stereocenters. The minimum absolute atomic E-state index is 0.0252. The van der Waals surface area contributed by atoms with E-state index < -0.39 is 17.6 Å². The average molecular weight is 378 g/mol. The lowest BCUT2D eigenvalue weighted by atomic mass is 10.1.